The number of para-hydroxylation sites is 1. The minimum Gasteiger partial charge on any atom is -0.483 e. The quantitative estimate of drug-likeness (QED) is 0.877. The second-order valence-corrected chi connectivity index (χ2v) is 5.07. The van der Waals surface area contributed by atoms with Gasteiger partial charge in [0.1, 0.15) is 5.75 Å². The molecule has 5 nitrogen and oxygen atoms in total. The highest BCUT2D eigenvalue weighted by Crippen LogP contribution is 2.38. The number of hydrogen-bond acceptors (Lipinski definition) is 5. The van der Waals surface area contributed by atoms with Crippen molar-refractivity contribution in [3.63, 3.8) is 0 Å². The van der Waals surface area contributed by atoms with Gasteiger partial charge in [-0.1, -0.05) is 30.3 Å². The molecule has 1 fully saturated rings. The summed E-state index contributed by atoms with van der Waals surface area (Å²) in [7, 11) is 0. The van der Waals surface area contributed by atoms with E-state index in [-0.39, 0.29) is 6.61 Å². The molecule has 0 radical (unpaired) electrons. The maximum atomic E-state index is 9.96. The molecule has 0 spiro atoms. The van der Waals surface area contributed by atoms with Gasteiger partial charge in [-0.15, -0.1) is 0 Å². The van der Waals surface area contributed by atoms with Crippen LogP contribution < -0.4 is 4.74 Å². The van der Waals surface area contributed by atoms with Gasteiger partial charge in [-0.3, -0.25) is 0 Å². The molecule has 1 aromatic carbocycles. The smallest absolute Gasteiger partial charge is 0.264 e. The Labute approximate surface area is 117 Å². The number of rotatable bonds is 6. The first-order valence-corrected chi connectivity index (χ1v) is 7.00. The molecule has 1 N–H and O–H groups in total. The number of aliphatic hydroxyl groups is 1. The molecule has 20 heavy (non-hydrogen) atoms. The number of ether oxygens (including phenoxy) is 1. The fourth-order valence-electron chi connectivity index (χ4n) is 2.08. The molecule has 0 bridgehead atoms. The van der Waals surface area contributed by atoms with E-state index in [4.69, 9.17) is 9.26 Å². The van der Waals surface area contributed by atoms with Gasteiger partial charge in [-0.2, -0.15) is 4.98 Å². The summed E-state index contributed by atoms with van der Waals surface area (Å²) in [6.45, 7) is 2.16. The molecule has 0 unspecified atom stereocenters. The molecule has 5 heteroatoms. The van der Waals surface area contributed by atoms with E-state index < -0.39 is 6.10 Å². The van der Waals surface area contributed by atoms with Gasteiger partial charge in [-0.25, -0.2) is 0 Å². The van der Waals surface area contributed by atoms with Crippen LogP contribution in [0.15, 0.2) is 28.8 Å². The second-order valence-electron chi connectivity index (χ2n) is 5.07. The van der Waals surface area contributed by atoms with E-state index in [0.717, 1.165) is 24.2 Å². The van der Waals surface area contributed by atoms with Crippen LogP contribution in [0.25, 0.3) is 0 Å². The van der Waals surface area contributed by atoms with E-state index in [9.17, 15) is 5.11 Å². The third kappa shape index (κ3) is 2.82. The molecule has 1 atom stereocenters. The molecule has 106 valence electrons. The first-order chi connectivity index (χ1) is 9.78. The molecule has 1 saturated carbocycles. The fourth-order valence-corrected chi connectivity index (χ4v) is 2.08. The highest BCUT2D eigenvalue weighted by Gasteiger charge is 2.28. The Morgan fingerprint density at radius 3 is 2.95 bits per heavy atom. The van der Waals surface area contributed by atoms with Crippen molar-refractivity contribution in [2.75, 3.05) is 0 Å². The topological polar surface area (TPSA) is 68.4 Å². The van der Waals surface area contributed by atoms with Gasteiger partial charge >= 0.3 is 0 Å². The monoisotopic (exact) mass is 274 g/mol. The highest BCUT2D eigenvalue weighted by molar-refractivity contribution is 5.35. The van der Waals surface area contributed by atoms with Crippen molar-refractivity contribution in [2.24, 2.45) is 0 Å². The Hall–Kier alpha value is -1.88. The van der Waals surface area contributed by atoms with E-state index in [1.165, 1.54) is 0 Å². The minimum absolute atomic E-state index is 0.229. The third-order valence-electron chi connectivity index (χ3n) is 3.44. The summed E-state index contributed by atoms with van der Waals surface area (Å²) in [5.41, 5.74) is 0.789. The number of benzene rings is 1. The van der Waals surface area contributed by atoms with Gasteiger partial charge < -0.3 is 14.4 Å². The summed E-state index contributed by atoms with van der Waals surface area (Å²) in [6.07, 6.45) is 2.42. The lowest BCUT2D eigenvalue weighted by molar-refractivity contribution is 0.163. The minimum atomic E-state index is -0.518. The van der Waals surface area contributed by atoms with Crippen LogP contribution in [0.1, 0.15) is 55.5 Å². The number of aromatic nitrogens is 2. The molecule has 1 aliphatic rings. The fraction of sp³-hybridized carbons (Fsp3) is 0.467. The Kier molecular flexibility index (Phi) is 3.69. The summed E-state index contributed by atoms with van der Waals surface area (Å²) in [5, 5.41) is 13.9. The lowest BCUT2D eigenvalue weighted by Crippen LogP contribution is -2.02. The molecule has 0 amide bonds. The molecule has 1 aromatic heterocycles. The van der Waals surface area contributed by atoms with Crippen molar-refractivity contribution in [3.8, 4) is 5.75 Å². The van der Waals surface area contributed by atoms with Crippen LogP contribution in [-0.2, 0) is 6.61 Å². The SMILES string of the molecule is CC[C@@H](O)c1ccccc1OCc1nc(C2CC2)no1. The Morgan fingerprint density at radius 1 is 1.40 bits per heavy atom. The van der Waals surface area contributed by atoms with E-state index in [1.807, 2.05) is 31.2 Å². The normalized spacial score (nSPS) is 16.1. The summed E-state index contributed by atoms with van der Waals surface area (Å²) in [5.74, 6) is 2.40. The van der Waals surface area contributed by atoms with Crippen LogP contribution in [0.3, 0.4) is 0 Å². The first kappa shape index (κ1) is 13.1. The van der Waals surface area contributed by atoms with Crippen molar-refractivity contribution in [1.82, 2.24) is 10.1 Å². The van der Waals surface area contributed by atoms with Gasteiger partial charge in [0.15, 0.2) is 12.4 Å². The summed E-state index contributed by atoms with van der Waals surface area (Å²) in [4.78, 5) is 4.32. The average Bonchev–Trinajstić information content (AvgIpc) is 3.24. The zero-order valence-electron chi connectivity index (χ0n) is 11.5. The summed E-state index contributed by atoms with van der Waals surface area (Å²) >= 11 is 0. The largest absolute Gasteiger partial charge is 0.483 e. The van der Waals surface area contributed by atoms with Crippen molar-refractivity contribution in [3.05, 3.63) is 41.5 Å². The van der Waals surface area contributed by atoms with Crippen molar-refractivity contribution in [1.29, 1.82) is 0 Å². The van der Waals surface area contributed by atoms with E-state index in [0.29, 0.717) is 24.0 Å². The Morgan fingerprint density at radius 2 is 2.20 bits per heavy atom. The highest BCUT2D eigenvalue weighted by atomic mass is 16.5. The maximum Gasteiger partial charge on any atom is 0.264 e. The molecule has 2 aromatic rings. The molecule has 0 saturated heterocycles. The van der Waals surface area contributed by atoms with E-state index >= 15 is 0 Å². The van der Waals surface area contributed by atoms with E-state index in [1.54, 1.807) is 0 Å². The van der Waals surface area contributed by atoms with Crippen LogP contribution in [0, 0.1) is 0 Å². The molecule has 1 aliphatic carbocycles. The standard InChI is InChI=1S/C15H18N2O3/c1-2-12(18)11-5-3-4-6-13(11)19-9-14-16-15(17-20-14)10-7-8-10/h3-6,10,12,18H,2,7-9H2,1H3/t12-/m1/s1. The third-order valence-corrected chi connectivity index (χ3v) is 3.44. The maximum absolute atomic E-state index is 9.96. The van der Waals surface area contributed by atoms with E-state index in [2.05, 4.69) is 10.1 Å². The first-order valence-electron chi connectivity index (χ1n) is 7.00. The van der Waals surface area contributed by atoms with Crippen molar-refractivity contribution >= 4 is 0 Å². The predicted octanol–water partition coefficient (Wildman–Crippen LogP) is 2.97. The zero-order valence-corrected chi connectivity index (χ0v) is 11.5. The van der Waals surface area contributed by atoms with Gasteiger partial charge in [0.25, 0.3) is 5.89 Å². The number of aliphatic hydroxyl groups excluding tert-OH is 1. The zero-order chi connectivity index (χ0) is 13.9. The van der Waals surface area contributed by atoms with Crippen LogP contribution in [0.4, 0.5) is 0 Å². The van der Waals surface area contributed by atoms with Crippen LogP contribution in [0.2, 0.25) is 0 Å². The van der Waals surface area contributed by atoms with Crippen LogP contribution in [0.5, 0.6) is 5.75 Å². The van der Waals surface area contributed by atoms with Crippen molar-refractivity contribution < 1.29 is 14.4 Å². The lowest BCUT2D eigenvalue weighted by atomic mass is 10.1. The Balaban J connectivity index is 1.67. The molecular formula is C15H18N2O3. The van der Waals surface area contributed by atoms with Gasteiger partial charge in [0.2, 0.25) is 0 Å². The van der Waals surface area contributed by atoms with Crippen LogP contribution >= 0.6 is 0 Å². The second kappa shape index (κ2) is 5.63. The van der Waals surface area contributed by atoms with Gasteiger partial charge in [0, 0.05) is 11.5 Å². The van der Waals surface area contributed by atoms with Crippen LogP contribution in [-0.4, -0.2) is 15.2 Å². The van der Waals surface area contributed by atoms with Gasteiger partial charge in [0.05, 0.1) is 6.10 Å². The lowest BCUT2D eigenvalue weighted by Gasteiger charge is -2.13. The van der Waals surface area contributed by atoms with Gasteiger partial charge in [-0.05, 0) is 25.3 Å². The summed E-state index contributed by atoms with van der Waals surface area (Å²) < 4.78 is 10.9. The number of nitrogens with zero attached hydrogens (tertiary/aromatic N) is 2. The predicted molar refractivity (Wildman–Crippen MR) is 72.3 cm³/mol. The average molecular weight is 274 g/mol. The number of hydrogen-bond donors (Lipinski definition) is 1. The Bertz CT molecular complexity index is 578. The summed E-state index contributed by atoms with van der Waals surface area (Å²) in [6, 6.07) is 7.48. The molecule has 1 heterocycles. The molecule has 0 aliphatic heterocycles. The molecule has 3 rings (SSSR count). The molecular weight excluding hydrogens is 256 g/mol. The van der Waals surface area contributed by atoms with Crippen molar-refractivity contribution in [2.45, 2.75) is 44.8 Å².